The van der Waals surface area contributed by atoms with Crippen molar-refractivity contribution in [1.82, 2.24) is 4.90 Å². The number of amides is 4. The minimum absolute atomic E-state index is 0.112. The summed E-state index contributed by atoms with van der Waals surface area (Å²) in [5.41, 5.74) is -0.104. The Hall–Kier alpha value is -3.49. The second kappa shape index (κ2) is 9.55. The minimum atomic E-state index is -1.18. The summed E-state index contributed by atoms with van der Waals surface area (Å²) in [5.74, 6) is -3.73. The lowest BCUT2D eigenvalue weighted by Gasteiger charge is -2.18. The molecule has 0 aromatic heterocycles. The Morgan fingerprint density at radius 3 is 2.23 bits per heavy atom. The molecule has 1 aliphatic heterocycles. The Bertz CT molecular complexity index is 1010. The number of hydrogen-bond donors (Lipinski definition) is 0. The molecule has 1 saturated heterocycles. The van der Waals surface area contributed by atoms with Crippen molar-refractivity contribution in [1.29, 1.82) is 0 Å². The highest BCUT2D eigenvalue weighted by molar-refractivity contribution is 6.52. The predicted octanol–water partition coefficient (Wildman–Crippen LogP) is 4.04. The van der Waals surface area contributed by atoms with Gasteiger partial charge in [-0.25, -0.2) is 18.5 Å². The summed E-state index contributed by atoms with van der Waals surface area (Å²) in [5, 5.41) is 0. The second-order valence-corrected chi connectivity index (χ2v) is 6.86. The van der Waals surface area contributed by atoms with E-state index in [0.717, 1.165) is 18.9 Å². The third kappa shape index (κ3) is 4.50. The average Bonchev–Trinajstić information content (AvgIpc) is 2.97. The van der Waals surface area contributed by atoms with Gasteiger partial charge in [0.05, 0.1) is 25.4 Å². The zero-order valence-corrected chi connectivity index (χ0v) is 17.2. The molecule has 0 aliphatic carbocycles. The molecule has 0 spiro atoms. The first kappa shape index (κ1) is 22.2. The first-order chi connectivity index (χ1) is 14.9. The summed E-state index contributed by atoms with van der Waals surface area (Å²) in [6.45, 7) is 4.14. The number of urea groups is 1. The molecular formula is C22H22F2N2O5. The molecule has 1 fully saturated rings. The Morgan fingerprint density at radius 1 is 0.871 bits per heavy atom. The zero-order valence-electron chi connectivity index (χ0n) is 17.2. The van der Waals surface area contributed by atoms with Gasteiger partial charge < -0.3 is 9.47 Å². The molecule has 0 atom stereocenters. The zero-order chi connectivity index (χ0) is 22.5. The number of halogens is 2. The Labute approximate surface area is 178 Å². The first-order valence-corrected chi connectivity index (χ1v) is 9.91. The number of imide groups is 2. The molecule has 9 heteroatoms. The van der Waals surface area contributed by atoms with Crippen LogP contribution in [0, 0.1) is 11.6 Å². The van der Waals surface area contributed by atoms with Crippen LogP contribution in [0.2, 0.25) is 0 Å². The van der Waals surface area contributed by atoms with E-state index in [1.54, 1.807) is 6.07 Å². The van der Waals surface area contributed by atoms with Crippen molar-refractivity contribution in [2.45, 2.75) is 33.2 Å². The molecule has 0 saturated carbocycles. The third-order valence-corrected chi connectivity index (χ3v) is 4.52. The molecule has 1 heterocycles. The molecule has 3 rings (SSSR count). The third-order valence-electron chi connectivity index (χ3n) is 4.52. The standard InChI is InChI=1S/C22H22F2N2O5/c1-3-10-30-17-9-8-15(12-18(17)31-11-4-2)26-21(28)20(27)25(22(26)29)13-14-6-5-7-16(23)19(14)24/h5-9,12H,3-4,10-11,13H2,1-2H3. The minimum Gasteiger partial charge on any atom is -0.490 e. The summed E-state index contributed by atoms with van der Waals surface area (Å²) in [7, 11) is 0. The smallest absolute Gasteiger partial charge is 0.339 e. The Balaban J connectivity index is 1.90. The first-order valence-electron chi connectivity index (χ1n) is 9.91. The van der Waals surface area contributed by atoms with Gasteiger partial charge in [0.1, 0.15) is 0 Å². The van der Waals surface area contributed by atoms with Crippen molar-refractivity contribution in [3.8, 4) is 11.5 Å². The van der Waals surface area contributed by atoms with Gasteiger partial charge in [-0.15, -0.1) is 0 Å². The van der Waals surface area contributed by atoms with Crippen LogP contribution in [0.4, 0.5) is 19.3 Å². The van der Waals surface area contributed by atoms with Gasteiger partial charge in [0.2, 0.25) is 0 Å². The quantitative estimate of drug-likeness (QED) is 0.442. The maximum atomic E-state index is 14.0. The number of hydrogen-bond acceptors (Lipinski definition) is 5. The van der Waals surface area contributed by atoms with E-state index < -0.39 is 36.0 Å². The number of anilines is 1. The van der Waals surface area contributed by atoms with Crippen LogP contribution >= 0.6 is 0 Å². The molecule has 0 bridgehead atoms. The molecule has 31 heavy (non-hydrogen) atoms. The van der Waals surface area contributed by atoms with Gasteiger partial charge in [-0.05, 0) is 31.0 Å². The highest BCUT2D eigenvalue weighted by atomic mass is 19.2. The number of rotatable bonds is 9. The maximum absolute atomic E-state index is 14.0. The van der Waals surface area contributed by atoms with Crippen molar-refractivity contribution in [2.75, 3.05) is 18.1 Å². The lowest BCUT2D eigenvalue weighted by atomic mass is 10.2. The van der Waals surface area contributed by atoms with E-state index in [0.29, 0.717) is 34.5 Å². The normalized spacial score (nSPS) is 13.9. The number of carbonyl (C=O) groups excluding carboxylic acids is 3. The fourth-order valence-electron chi connectivity index (χ4n) is 3.01. The summed E-state index contributed by atoms with van der Waals surface area (Å²) in [4.78, 5) is 39.0. The van der Waals surface area contributed by atoms with E-state index in [1.807, 2.05) is 13.8 Å². The van der Waals surface area contributed by atoms with Crippen LogP contribution in [-0.2, 0) is 16.1 Å². The Morgan fingerprint density at radius 2 is 1.55 bits per heavy atom. The number of ether oxygens (including phenoxy) is 2. The summed E-state index contributed by atoms with van der Waals surface area (Å²) in [6, 6.07) is 6.91. The van der Waals surface area contributed by atoms with E-state index in [9.17, 15) is 23.2 Å². The van der Waals surface area contributed by atoms with Gasteiger partial charge in [-0.3, -0.25) is 14.5 Å². The molecule has 2 aromatic rings. The van der Waals surface area contributed by atoms with E-state index in [4.69, 9.17) is 9.47 Å². The molecule has 7 nitrogen and oxygen atoms in total. The summed E-state index contributed by atoms with van der Waals surface area (Å²) < 4.78 is 38.8. The molecule has 2 aromatic carbocycles. The van der Waals surface area contributed by atoms with E-state index in [-0.39, 0.29) is 11.3 Å². The van der Waals surface area contributed by atoms with E-state index >= 15 is 0 Å². The van der Waals surface area contributed by atoms with Crippen molar-refractivity contribution >= 4 is 23.5 Å². The Kier molecular flexibility index (Phi) is 6.84. The van der Waals surface area contributed by atoms with Gasteiger partial charge in [0.15, 0.2) is 23.1 Å². The molecular weight excluding hydrogens is 410 g/mol. The fourth-order valence-corrected chi connectivity index (χ4v) is 3.01. The van der Waals surface area contributed by atoms with Crippen molar-refractivity contribution in [3.05, 3.63) is 53.6 Å². The SMILES string of the molecule is CCCOc1ccc(N2C(=O)C(=O)N(Cc3cccc(F)c3F)C2=O)cc1OCCC. The van der Waals surface area contributed by atoms with E-state index in [2.05, 4.69) is 0 Å². The van der Waals surface area contributed by atoms with Gasteiger partial charge in [0, 0.05) is 11.6 Å². The lowest BCUT2D eigenvalue weighted by Crippen LogP contribution is -2.33. The van der Waals surface area contributed by atoms with Gasteiger partial charge >= 0.3 is 17.8 Å². The lowest BCUT2D eigenvalue weighted by molar-refractivity contribution is -0.139. The van der Waals surface area contributed by atoms with Crippen LogP contribution in [0.3, 0.4) is 0 Å². The van der Waals surface area contributed by atoms with Gasteiger partial charge in [-0.2, -0.15) is 0 Å². The van der Waals surface area contributed by atoms with Crippen LogP contribution < -0.4 is 14.4 Å². The maximum Gasteiger partial charge on any atom is 0.339 e. The fraction of sp³-hybridized carbons (Fsp3) is 0.318. The van der Waals surface area contributed by atoms with Crippen LogP contribution in [0.15, 0.2) is 36.4 Å². The summed E-state index contributed by atoms with van der Waals surface area (Å²) >= 11 is 0. The number of nitrogens with zero attached hydrogens (tertiary/aromatic N) is 2. The monoisotopic (exact) mass is 432 g/mol. The number of benzene rings is 2. The molecule has 0 unspecified atom stereocenters. The molecule has 1 aliphatic rings. The van der Waals surface area contributed by atoms with Crippen LogP contribution in [0.1, 0.15) is 32.3 Å². The second-order valence-electron chi connectivity index (χ2n) is 6.86. The largest absolute Gasteiger partial charge is 0.490 e. The molecule has 164 valence electrons. The van der Waals surface area contributed by atoms with Crippen LogP contribution in [-0.4, -0.2) is 36.0 Å². The van der Waals surface area contributed by atoms with Crippen molar-refractivity contribution < 1.29 is 32.6 Å². The molecule has 0 radical (unpaired) electrons. The number of carbonyl (C=O) groups is 3. The van der Waals surface area contributed by atoms with Gasteiger partial charge in [0.25, 0.3) is 0 Å². The highest BCUT2D eigenvalue weighted by Gasteiger charge is 2.45. The van der Waals surface area contributed by atoms with Crippen LogP contribution in [0.5, 0.6) is 11.5 Å². The average molecular weight is 432 g/mol. The van der Waals surface area contributed by atoms with Gasteiger partial charge in [-0.1, -0.05) is 26.0 Å². The van der Waals surface area contributed by atoms with Crippen molar-refractivity contribution in [3.63, 3.8) is 0 Å². The van der Waals surface area contributed by atoms with E-state index in [1.165, 1.54) is 24.3 Å². The van der Waals surface area contributed by atoms with Crippen LogP contribution in [0.25, 0.3) is 0 Å². The topological polar surface area (TPSA) is 76.2 Å². The highest BCUT2D eigenvalue weighted by Crippen LogP contribution is 2.34. The van der Waals surface area contributed by atoms with Crippen molar-refractivity contribution in [2.24, 2.45) is 0 Å². The molecule has 4 amide bonds. The molecule has 0 N–H and O–H groups in total. The summed E-state index contributed by atoms with van der Waals surface area (Å²) in [6.07, 6.45) is 1.50. The predicted molar refractivity (Wildman–Crippen MR) is 108 cm³/mol.